The summed E-state index contributed by atoms with van der Waals surface area (Å²) in [5.74, 6) is -1.27. The highest BCUT2D eigenvalue weighted by Gasteiger charge is 2.18. The summed E-state index contributed by atoms with van der Waals surface area (Å²) in [6.07, 6.45) is -0.113. The lowest BCUT2D eigenvalue weighted by molar-refractivity contribution is -0.142. The Morgan fingerprint density at radius 2 is 2.00 bits per heavy atom. The second-order valence-corrected chi connectivity index (χ2v) is 4.40. The van der Waals surface area contributed by atoms with Crippen molar-refractivity contribution in [3.63, 3.8) is 0 Å². The van der Waals surface area contributed by atoms with Crippen LogP contribution in [0.3, 0.4) is 0 Å². The van der Waals surface area contributed by atoms with Gasteiger partial charge in [0, 0.05) is 5.02 Å². The van der Waals surface area contributed by atoms with Crippen LogP contribution in [-0.2, 0) is 14.3 Å². The summed E-state index contributed by atoms with van der Waals surface area (Å²) in [5.41, 5.74) is 0.361. The van der Waals surface area contributed by atoms with Crippen LogP contribution in [0.4, 0.5) is 0 Å². The van der Waals surface area contributed by atoms with Crippen LogP contribution in [0.1, 0.15) is 31.9 Å². The summed E-state index contributed by atoms with van der Waals surface area (Å²) in [6, 6.07) is 6.29. The maximum absolute atomic E-state index is 11.5. The highest BCUT2D eigenvalue weighted by molar-refractivity contribution is 6.30. The molecule has 2 N–H and O–H groups in total. The average molecular weight is 302 g/mol. The SMILES string of the molecule is CCC.COC(=O)CNC(=O)C(O)c1cccc(Cl)c1. The summed E-state index contributed by atoms with van der Waals surface area (Å²) in [4.78, 5) is 22.3. The molecule has 0 bridgehead atoms. The molecule has 0 heterocycles. The number of rotatable bonds is 4. The number of ether oxygens (including phenoxy) is 1. The van der Waals surface area contributed by atoms with Crippen molar-refractivity contribution in [1.82, 2.24) is 5.32 Å². The zero-order chi connectivity index (χ0) is 15.5. The van der Waals surface area contributed by atoms with Crippen LogP contribution in [0.2, 0.25) is 5.02 Å². The molecule has 6 heteroatoms. The van der Waals surface area contributed by atoms with E-state index in [4.69, 9.17) is 11.6 Å². The number of halogens is 1. The molecule has 1 rings (SSSR count). The van der Waals surface area contributed by atoms with Crippen LogP contribution >= 0.6 is 11.6 Å². The molecule has 1 amide bonds. The molecule has 0 aromatic heterocycles. The lowest BCUT2D eigenvalue weighted by Crippen LogP contribution is -2.34. The lowest BCUT2D eigenvalue weighted by atomic mass is 10.1. The minimum atomic E-state index is -1.36. The molecule has 1 aromatic carbocycles. The first kappa shape index (κ1) is 18.4. The molecule has 1 atom stereocenters. The van der Waals surface area contributed by atoms with Gasteiger partial charge in [0.25, 0.3) is 5.91 Å². The van der Waals surface area contributed by atoms with Gasteiger partial charge in [-0.1, -0.05) is 44.0 Å². The van der Waals surface area contributed by atoms with E-state index in [9.17, 15) is 14.7 Å². The summed E-state index contributed by atoms with van der Waals surface area (Å²) in [6.45, 7) is 3.97. The molecule has 20 heavy (non-hydrogen) atoms. The Bertz CT molecular complexity index is 437. The van der Waals surface area contributed by atoms with Crippen molar-refractivity contribution in [1.29, 1.82) is 0 Å². The summed E-state index contributed by atoms with van der Waals surface area (Å²) in [5, 5.41) is 12.3. The topological polar surface area (TPSA) is 75.6 Å². The highest BCUT2D eigenvalue weighted by Crippen LogP contribution is 2.17. The van der Waals surface area contributed by atoms with E-state index < -0.39 is 18.0 Å². The van der Waals surface area contributed by atoms with E-state index in [0.29, 0.717) is 10.6 Å². The minimum Gasteiger partial charge on any atom is -0.468 e. The number of esters is 1. The molecule has 0 aliphatic carbocycles. The number of aliphatic hydroxyl groups is 1. The van der Waals surface area contributed by atoms with E-state index in [1.807, 2.05) is 0 Å². The quantitative estimate of drug-likeness (QED) is 0.835. The monoisotopic (exact) mass is 301 g/mol. The van der Waals surface area contributed by atoms with Crippen molar-refractivity contribution < 1.29 is 19.4 Å². The van der Waals surface area contributed by atoms with Gasteiger partial charge in [-0.15, -0.1) is 0 Å². The molecular formula is C14H20ClNO4. The molecule has 0 aliphatic rings. The Hall–Kier alpha value is -1.59. The first-order chi connectivity index (χ1) is 9.46. The first-order valence-corrected chi connectivity index (χ1v) is 6.62. The van der Waals surface area contributed by atoms with Crippen LogP contribution < -0.4 is 5.32 Å². The molecular weight excluding hydrogens is 282 g/mol. The van der Waals surface area contributed by atoms with E-state index in [2.05, 4.69) is 23.9 Å². The maximum Gasteiger partial charge on any atom is 0.325 e. The van der Waals surface area contributed by atoms with E-state index in [0.717, 1.165) is 0 Å². The number of amides is 1. The fraction of sp³-hybridized carbons (Fsp3) is 0.429. The van der Waals surface area contributed by atoms with E-state index in [1.54, 1.807) is 18.2 Å². The van der Waals surface area contributed by atoms with Gasteiger partial charge < -0.3 is 15.2 Å². The van der Waals surface area contributed by atoms with Crippen molar-refractivity contribution in [2.24, 2.45) is 0 Å². The zero-order valence-electron chi connectivity index (χ0n) is 11.9. The van der Waals surface area contributed by atoms with Crippen LogP contribution in [0.5, 0.6) is 0 Å². The fourth-order valence-electron chi connectivity index (χ4n) is 1.16. The van der Waals surface area contributed by atoms with Gasteiger partial charge in [0.2, 0.25) is 0 Å². The third-order valence-electron chi connectivity index (χ3n) is 2.05. The Morgan fingerprint density at radius 3 is 2.50 bits per heavy atom. The third-order valence-corrected chi connectivity index (χ3v) is 2.28. The smallest absolute Gasteiger partial charge is 0.325 e. The van der Waals surface area contributed by atoms with Crippen LogP contribution in [0.15, 0.2) is 24.3 Å². The predicted molar refractivity (Wildman–Crippen MR) is 77.4 cm³/mol. The summed E-state index contributed by atoms with van der Waals surface area (Å²) < 4.78 is 4.35. The number of hydrogen-bond donors (Lipinski definition) is 2. The third kappa shape index (κ3) is 7.11. The van der Waals surface area contributed by atoms with Crippen LogP contribution in [0, 0.1) is 0 Å². The number of carbonyl (C=O) groups excluding carboxylic acids is 2. The van der Waals surface area contributed by atoms with E-state index in [-0.39, 0.29) is 6.54 Å². The maximum atomic E-state index is 11.5. The predicted octanol–water partition coefficient (Wildman–Crippen LogP) is 2.08. The number of carbonyl (C=O) groups is 2. The Balaban J connectivity index is 0.00000110. The largest absolute Gasteiger partial charge is 0.468 e. The molecule has 0 spiro atoms. The van der Waals surface area contributed by atoms with Gasteiger partial charge in [0.15, 0.2) is 6.10 Å². The summed E-state index contributed by atoms with van der Waals surface area (Å²) in [7, 11) is 1.21. The molecule has 1 aromatic rings. The normalized spacial score (nSPS) is 10.8. The second kappa shape index (κ2) is 10.2. The molecule has 0 fully saturated rings. The standard InChI is InChI=1S/C11H12ClNO4.C3H8/c1-17-9(14)6-13-11(16)10(15)7-3-2-4-8(12)5-7;1-3-2/h2-5,10,15H,6H2,1H3,(H,13,16);3H2,1-2H3. The van der Waals surface area contributed by atoms with E-state index in [1.165, 1.54) is 19.6 Å². The molecule has 112 valence electrons. The zero-order valence-corrected chi connectivity index (χ0v) is 12.6. The average Bonchev–Trinajstić information content (AvgIpc) is 2.44. The van der Waals surface area contributed by atoms with Gasteiger partial charge in [0.1, 0.15) is 6.54 Å². The van der Waals surface area contributed by atoms with Crippen molar-refractivity contribution in [3.8, 4) is 0 Å². The first-order valence-electron chi connectivity index (χ1n) is 6.24. The minimum absolute atomic E-state index is 0.285. The van der Waals surface area contributed by atoms with Crippen molar-refractivity contribution in [2.45, 2.75) is 26.4 Å². The number of nitrogens with one attached hydrogen (secondary N) is 1. The highest BCUT2D eigenvalue weighted by atomic mass is 35.5. The molecule has 0 saturated carbocycles. The molecule has 0 radical (unpaired) electrons. The van der Waals surface area contributed by atoms with Crippen molar-refractivity contribution in [3.05, 3.63) is 34.9 Å². The molecule has 0 saturated heterocycles. The Labute approximate surface area is 123 Å². The Morgan fingerprint density at radius 1 is 1.40 bits per heavy atom. The lowest BCUT2D eigenvalue weighted by Gasteiger charge is -2.11. The van der Waals surface area contributed by atoms with Crippen molar-refractivity contribution in [2.75, 3.05) is 13.7 Å². The van der Waals surface area contributed by atoms with Gasteiger partial charge in [-0.25, -0.2) is 0 Å². The van der Waals surface area contributed by atoms with Gasteiger partial charge in [0.05, 0.1) is 7.11 Å². The van der Waals surface area contributed by atoms with Gasteiger partial charge in [-0.05, 0) is 17.7 Å². The fourth-order valence-corrected chi connectivity index (χ4v) is 1.35. The second-order valence-electron chi connectivity index (χ2n) is 3.96. The van der Waals surface area contributed by atoms with Gasteiger partial charge in [-0.3, -0.25) is 9.59 Å². The van der Waals surface area contributed by atoms with E-state index >= 15 is 0 Å². The molecule has 0 aliphatic heterocycles. The number of aliphatic hydroxyl groups excluding tert-OH is 1. The number of hydrogen-bond acceptors (Lipinski definition) is 4. The molecule has 5 nitrogen and oxygen atoms in total. The number of benzene rings is 1. The number of methoxy groups -OCH3 is 1. The van der Waals surface area contributed by atoms with Crippen LogP contribution in [0.25, 0.3) is 0 Å². The summed E-state index contributed by atoms with van der Waals surface area (Å²) >= 11 is 5.73. The van der Waals surface area contributed by atoms with Gasteiger partial charge in [-0.2, -0.15) is 0 Å². The van der Waals surface area contributed by atoms with Gasteiger partial charge >= 0.3 is 5.97 Å². The Kier molecular flexibility index (Phi) is 9.41. The van der Waals surface area contributed by atoms with Crippen LogP contribution in [-0.4, -0.2) is 30.6 Å². The van der Waals surface area contributed by atoms with Crippen molar-refractivity contribution >= 4 is 23.5 Å². The molecule has 1 unspecified atom stereocenters.